The van der Waals surface area contributed by atoms with Gasteiger partial charge in [0.2, 0.25) is 0 Å². The van der Waals surface area contributed by atoms with Crippen LogP contribution in [-0.4, -0.2) is 0 Å². The molecular weight excluding hydrogens is 311 g/mol. The molecule has 0 atom stereocenters. The van der Waals surface area contributed by atoms with Gasteiger partial charge in [0.15, 0.2) is 0 Å². The SMILES string of the molecule is CCC/C=C(/F)c1ccc(CCc2ccc(C#N)c(F)c2)c(F)c1. The first kappa shape index (κ1) is 17.8. The number of benzene rings is 2. The van der Waals surface area contributed by atoms with Crippen molar-refractivity contribution in [3.63, 3.8) is 0 Å². The molecule has 24 heavy (non-hydrogen) atoms. The van der Waals surface area contributed by atoms with Gasteiger partial charge in [0, 0.05) is 5.56 Å². The second-order valence-electron chi connectivity index (χ2n) is 5.57. The first-order valence-electron chi connectivity index (χ1n) is 7.88. The average Bonchev–Trinajstić information content (AvgIpc) is 2.58. The Balaban J connectivity index is 2.08. The summed E-state index contributed by atoms with van der Waals surface area (Å²) in [7, 11) is 0. The molecule has 4 heteroatoms. The predicted molar refractivity (Wildman–Crippen MR) is 88.9 cm³/mol. The molecule has 0 fully saturated rings. The van der Waals surface area contributed by atoms with Crippen LogP contribution in [0.2, 0.25) is 0 Å². The Bertz CT molecular complexity index is 788. The molecule has 0 radical (unpaired) electrons. The first-order valence-corrected chi connectivity index (χ1v) is 7.88. The molecule has 0 unspecified atom stereocenters. The molecule has 0 aliphatic carbocycles. The molecule has 2 rings (SSSR count). The van der Waals surface area contributed by atoms with Crippen molar-refractivity contribution in [2.24, 2.45) is 0 Å². The number of nitriles is 1. The van der Waals surface area contributed by atoms with E-state index in [1.165, 1.54) is 24.3 Å². The van der Waals surface area contributed by atoms with Crippen molar-refractivity contribution in [2.45, 2.75) is 32.6 Å². The molecular formula is C20H18F3N. The quantitative estimate of drug-likeness (QED) is 0.663. The Morgan fingerprint density at radius 2 is 1.88 bits per heavy atom. The van der Waals surface area contributed by atoms with E-state index in [1.807, 2.05) is 6.92 Å². The summed E-state index contributed by atoms with van der Waals surface area (Å²) >= 11 is 0. The minimum Gasteiger partial charge on any atom is -0.207 e. The maximum absolute atomic E-state index is 14.1. The Hall–Kier alpha value is -2.54. The molecule has 124 valence electrons. The maximum atomic E-state index is 14.1. The number of hydrogen-bond donors (Lipinski definition) is 0. The van der Waals surface area contributed by atoms with Crippen LogP contribution in [-0.2, 0) is 12.8 Å². The Morgan fingerprint density at radius 3 is 2.50 bits per heavy atom. The molecule has 0 bridgehead atoms. The predicted octanol–water partition coefficient (Wildman–Crippen LogP) is 5.73. The van der Waals surface area contributed by atoms with Gasteiger partial charge in [-0.15, -0.1) is 0 Å². The highest BCUT2D eigenvalue weighted by atomic mass is 19.1. The van der Waals surface area contributed by atoms with Crippen molar-refractivity contribution in [2.75, 3.05) is 0 Å². The van der Waals surface area contributed by atoms with E-state index in [9.17, 15) is 13.2 Å². The summed E-state index contributed by atoms with van der Waals surface area (Å²) in [5.74, 6) is -1.47. The van der Waals surface area contributed by atoms with Crippen molar-refractivity contribution < 1.29 is 13.2 Å². The second-order valence-corrected chi connectivity index (χ2v) is 5.57. The Kier molecular flexibility index (Phi) is 6.20. The molecule has 0 heterocycles. The number of hydrogen-bond acceptors (Lipinski definition) is 1. The van der Waals surface area contributed by atoms with Gasteiger partial charge >= 0.3 is 0 Å². The smallest absolute Gasteiger partial charge is 0.141 e. The summed E-state index contributed by atoms with van der Waals surface area (Å²) in [4.78, 5) is 0. The topological polar surface area (TPSA) is 23.8 Å². The summed E-state index contributed by atoms with van der Waals surface area (Å²) in [5.41, 5.74) is 1.36. The highest BCUT2D eigenvalue weighted by molar-refractivity contribution is 5.59. The van der Waals surface area contributed by atoms with E-state index in [4.69, 9.17) is 5.26 Å². The van der Waals surface area contributed by atoms with E-state index in [-0.39, 0.29) is 11.1 Å². The number of nitrogens with zero attached hydrogens (tertiary/aromatic N) is 1. The van der Waals surface area contributed by atoms with Gasteiger partial charge in [0.05, 0.1) is 5.56 Å². The van der Waals surface area contributed by atoms with E-state index < -0.39 is 17.5 Å². The van der Waals surface area contributed by atoms with Crippen molar-refractivity contribution >= 4 is 5.83 Å². The fourth-order valence-corrected chi connectivity index (χ4v) is 2.37. The third-order valence-electron chi connectivity index (χ3n) is 3.78. The van der Waals surface area contributed by atoms with E-state index in [0.717, 1.165) is 6.42 Å². The summed E-state index contributed by atoms with van der Waals surface area (Å²) < 4.78 is 41.5. The monoisotopic (exact) mass is 329 g/mol. The van der Waals surface area contributed by atoms with E-state index in [0.29, 0.717) is 30.4 Å². The molecule has 0 amide bonds. The fraction of sp³-hybridized carbons (Fsp3) is 0.250. The fourth-order valence-electron chi connectivity index (χ4n) is 2.37. The third-order valence-corrected chi connectivity index (χ3v) is 3.78. The van der Waals surface area contributed by atoms with Crippen LogP contribution in [0.3, 0.4) is 0 Å². The minimum atomic E-state index is -0.575. The number of unbranched alkanes of at least 4 members (excludes halogenated alkanes) is 1. The lowest BCUT2D eigenvalue weighted by Gasteiger charge is -2.06. The molecule has 0 aliphatic rings. The van der Waals surface area contributed by atoms with Gasteiger partial charge in [0.1, 0.15) is 23.5 Å². The van der Waals surface area contributed by atoms with Crippen LogP contribution < -0.4 is 0 Å². The van der Waals surface area contributed by atoms with Crippen molar-refractivity contribution in [1.82, 2.24) is 0 Å². The highest BCUT2D eigenvalue weighted by Gasteiger charge is 2.08. The minimum absolute atomic E-state index is 0.0105. The zero-order valence-electron chi connectivity index (χ0n) is 13.5. The Labute approximate surface area is 140 Å². The van der Waals surface area contributed by atoms with Gasteiger partial charge < -0.3 is 0 Å². The number of allylic oxidation sites excluding steroid dienone is 1. The van der Waals surface area contributed by atoms with Gasteiger partial charge in [-0.3, -0.25) is 0 Å². The van der Waals surface area contributed by atoms with Crippen LogP contribution in [0.15, 0.2) is 42.5 Å². The van der Waals surface area contributed by atoms with Crippen molar-refractivity contribution in [3.05, 3.63) is 76.4 Å². The average molecular weight is 329 g/mol. The van der Waals surface area contributed by atoms with Crippen molar-refractivity contribution in [3.8, 4) is 6.07 Å². The molecule has 0 N–H and O–H groups in total. The first-order chi connectivity index (χ1) is 11.5. The molecule has 0 saturated heterocycles. The summed E-state index contributed by atoms with van der Waals surface area (Å²) in [6, 6.07) is 10.4. The lowest BCUT2D eigenvalue weighted by atomic mass is 10.0. The van der Waals surface area contributed by atoms with Gasteiger partial charge in [-0.2, -0.15) is 5.26 Å². The van der Waals surface area contributed by atoms with Crippen LogP contribution in [0.5, 0.6) is 0 Å². The standard InChI is InChI=1S/C20H18F3N/c1-2-3-4-18(21)16-10-9-15(20(23)12-16)7-5-14-6-8-17(13-24)19(22)11-14/h4,6,8-12H,2-3,5,7H2,1H3/b18-4+. The molecule has 0 aromatic heterocycles. The van der Waals surface area contributed by atoms with Crippen molar-refractivity contribution in [1.29, 1.82) is 5.26 Å². The summed E-state index contributed by atoms with van der Waals surface area (Å²) in [5, 5.41) is 8.70. The zero-order chi connectivity index (χ0) is 17.5. The van der Waals surface area contributed by atoms with Crippen LogP contribution >= 0.6 is 0 Å². The molecule has 0 saturated carbocycles. The van der Waals surface area contributed by atoms with Gasteiger partial charge in [-0.1, -0.05) is 31.5 Å². The van der Waals surface area contributed by atoms with Gasteiger partial charge in [-0.25, -0.2) is 13.2 Å². The van der Waals surface area contributed by atoms with Gasteiger partial charge in [0.25, 0.3) is 0 Å². The maximum Gasteiger partial charge on any atom is 0.141 e. The summed E-state index contributed by atoms with van der Waals surface area (Å²) in [6.07, 6.45) is 3.70. The molecule has 0 aliphatic heterocycles. The molecule has 0 spiro atoms. The number of rotatable bonds is 6. The lowest BCUT2D eigenvalue weighted by Crippen LogP contribution is -1.97. The molecule has 1 nitrogen and oxygen atoms in total. The Morgan fingerprint density at radius 1 is 1.08 bits per heavy atom. The molecule has 2 aromatic rings. The number of aryl methyl sites for hydroxylation is 2. The summed E-state index contributed by atoms with van der Waals surface area (Å²) in [6.45, 7) is 1.94. The highest BCUT2D eigenvalue weighted by Crippen LogP contribution is 2.21. The van der Waals surface area contributed by atoms with Gasteiger partial charge in [-0.05, 0) is 54.7 Å². The second kappa shape index (κ2) is 8.35. The lowest BCUT2D eigenvalue weighted by molar-refractivity contribution is 0.605. The van der Waals surface area contributed by atoms with Crippen LogP contribution in [0.1, 0.15) is 42.0 Å². The normalized spacial score (nSPS) is 11.4. The van der Waals surface area contributed by atoms with Crippen LogP contribution in [0, 0.1) is 23.0 Å². The van der Waals surface area contributed by atoms with Crippen LogP contribution in [0.25, 0.3) is 5.83 Å². The molecule has 2 aromatic carbocycles. The number of halogens is 3. The third kappa shape index (κ3) is 4.48. The van der Waals surface area contributed by atoms with E-state index in [2.05, 4.69) is 0 Å². The van der Waals surface area contributed by atoms with Crippen LogP contribution in [0.4, 0.5) is 13.2 Å². The van der Waals surface area contributed by atoms with E-state index >= 15 is 0 Å². The van der Waals surface area contributed by atoms with E-state index in [1.54, 1.807) is 24.3 Å². The zero-order valence-corrected chi connectivity index (χ0v) is 13.5. The largest absolute Gasteiger partial charge is 0.207 e.